The minimum absolute atomic E-state index is 0. The van der Waals surface area contributed by atoms with Crippen molar-refractivity contribution in [2.45, 2.75) is 32.4 Å². The van der Waals surface area contributed by atoms with Crippen LogP contribution in [0.25, 0.3) is 0 Å². The number of guanidine groups is 1. The number of benzene rings is 1. The highest BCUT2D eigenvalue weighted by Crippen LogP contribution is 2.16. The van der Waals surface area contributed by atoms with E-state index in [1.54, 1.807) is 13.1 Å². The molecule has 1 aliphatic heterocycles. The van der Waals surface area contributed by atoms with Gasteiger partial charge in [-0.3, -0.25) is 9.69 Å². The zero-order valence-corrected chi connectivity index (χ0v) is 18.1. The molecule has 2 rings (SSSR count). The van der Waals surface area contributed by atoms with Crippen LogP contribution in [0.4, 0.5) is 4.39 Å². The van der Waals surface area contributed by atoms with Gasteiger partial charge < -0.3 is 21.1 Å². The number of aromatic hydroxyl groups is 1. The third-order valence-corrected chi connectivity index (χ3v) is 4.35. The van der Waals surface area contributed by atoms with Crippen LogP contribution < -0.4 is 16.0 Å². The average Bonchev–Trinajstić information content (AvgIpc) is 2.64. The first-order chi connectivity index (χ1) is 12.5. The molecule has 0 unspecified atom stereocenters. The molecule has 0 aliphatic carbocycles. The van der Waals surface area contributed by atoms with Gasteiger partial charge in [-0.2, -0.15) is 0 Å². The molecule has 0 radical (unpaired) electrons. The van der Waals surface area contributed by atoms with Gasteiger partial charge in [-0.15, -0.1) is 24.0 Å². The van der Waals surface area contributed by atoms with Crippen molar-refractivity contribution in [1.82, 2.24) is 20.9 Å². The summed E-state index contributed by atoms with van der Waals surface area (Å²) in [6.07, 6.45) is 1.85. The summed E-state index contributed by atoms with van der Waals surface area (Å²) in [5.74, 6) is -0.274. The monoisotopic (exact) mass is 493 g/mol. The number of nitrogens with one attached hydrogen (secondary N) is 3. The van der Waals surface area contributed by atoms with Gasteiger partial charge in [0.05, 0.1) is 13.1 Å². The van der Waals surface area contributed by atoms with Gasteiger partial charge in [0.2, 0.25) is 5.91 Å². The lowest BCUT2D eigenvalue weighted by Crippen LogP contribution is -2.50. The number of rotatable bonds is 6. The van der Waals surface area contributed by atoms with E-state index in [1.807, 2.05) is 6.92 Å². The van der Waals surface area contributed by atoms with Gasteiger partial charge in [0.1, 0.15) is 0 Å². The Labute approximate surface area is 176 Å². The molecule has 1 amide bonds. The number of phenols is 1. The first-order valence-electron chi connectivity index (χ1n) is 8.97. The van der Waals surface area contributed by atoms with Crippen LogP contribution in [0.5, 0.6) is 5.75 Å². The topological polar surface area (TPSA) is 89.0 Å². The Morgan fingerprint density at radius 2 is 2.07 bits per heavy atom. The van der Waals surface area contributed by atoms with Crippen LogP contribution in [-0.2, 0) is 11.3 Å². The molecular formula is C18H29FIN5O2. The molecule has 1 saturated heterocycles. The summed E-state index contributed by atoms with van der Waals surface area (Å²) in [7, 11) is 1.65. The molecule has 0 bridgehead atoms. The van der Waals surface area contributed by atoms with Gasteiger partial charge in [0, 0.05) is 32.7 Å². The molecule has 1 aromatic carbocycles. The standard InChI is InChI=1S/C18H28FN5O2.HI/c1-3-21-18(22-11-13-4-5-16(25)15(19)10-13)23-14-6-8-24(9-7-14)12-17(26)20-2;/h4-5,10,14,25H,3,6-9,11-12H2,1-2H3,(H,20,26)(H2,21,22,23);1H. The molecule has 1 aliphatic rings. The molecule has 0 saturated carbocycles. The molecule has 1 fully saturated rings. The molecule has 152 valence electrons. The number of aliphatic imine (C=N–C) groups is 1. The SMILES string of the molecule is CCNC(=NCc1ccc(O)c(F)c1)NC1CCN(CC(=O)NC)CC1.I. The molecule has 4 N–H and O–H groups in total. The maximum atomic E-state index is 13.4. The van der Waals surface area contributed by atoms with Crippen molar-refractivity contribution in [3.8, 4) is 5.75 Å². The second-order valence-corrected chi connectivity index (χ2v) is 6.35. The van der Waals surface area contributed by atoms with Crippen LogP contribution in [0.2, 0.25) is 0 Å². The Morgan fingerprint density at radius 3 is 2.67 bits per heavy atom. The molecule has 0 atom stereocenters. The van der Waals surface area contributed by atoms with E-state index < -0.39 is 5.82 Å². The molecule has 9 heteroatoms. The average molecular weight is 493 g/mol. The Bertz CT molecular complexity index is 636. The Balaban J connectivity index is 0.00000364. The van der Waals surface area contributed by atoms with Crippen LogP contribution >= 0.6 is 24.0 Å². The first-order valence-corrected chi connectivity index (χ1v) is 8.97. The molecule has 0 aromatic heterocycles. The summed E-state index contributed by atoms with van der Waals surface area (Å²) >= 11 is 0. The summed E-state index contributed by atoms with van der Waals surface area (Å²) in [5, 5.41) is 18.5. The number of likely N-dealkylation sites (N-methyl/N-ethyl adjacent to an activating group) is 1. The number of nitrogens with zero attached hydrogens (tertiary/aromatic N) is 2. The zero-order valence-electron chi connectivity index (χ0n) is 15.8. The van der Waals surface area contributed by atoms with Crippen LogP contribution in [-0.4, -0.2) is 61.1 Å². The van der Waals surface area contributed by atoms with Crippen LogP contribution in [0.3, 0.4) is 0 Å². The van der Waals surface area contributed by atoms with E-state index in [1.165, 1.54) is 12.1 Å². The lowest BCUT2D eigenvalue weighted by atomic mass is 10.1. The summed E-state index contributed by atoms with van der Waals surface area (Å²) in [5.41, 5.74) is 0.693. The number of carbonyl (C=O) groups excluding carboxylic acids is 1. The maximum absolute atomic E-state index is 13.4. The second kappa shape index (κ2) is 12.0. The van der Waals surface area contributed by atoms with Crippen molar-refractivity contribution in [2.75, 3.05) is 33.2 Å². The van der Waals surface area contributed by atoms with E-state index in [9.17, 15) is 14.3 Å². The fraction of sp³-hybridized carbons (Fsp3) is 0.556. The van der Waals surface area contributed by atoms with Gasteiger partial charge in [-0.25, -0.2) is 9.38 Å². The predicted octanol–water partition coefficient (Wildman–Crippen LogP) is 1.41. The van der Waals surface area contributed by atoms with Crippen LogP contribution in [0, 0.1) is 5.82 Å². The van der Waals surface area contributed by atoms with Crippen molar-refractivity contribution in [3.63, 3.8) is 0 Å². The third kappa shape index (κ3) is 7.87. The first kappa shape index (κ1) is 23.4. The quantitative estimate of drug-likeness (QED) is 0.274. The number of phenolic OH excluding ortho intramolecular Hbond substituents is 1. The van der Waals surface area contributed by atoms with Crippen molar-refractivity contribution in [3.05, 3.63) is 29.6 Å². The molecule has 7 nitrogen and oxygen atoms in total. The van der Waals surface area contributed by atoms with Crippen molar-refractivity contribution < 1.29 is 14.3 Å². The van der Waals surface area contributed by atoms with Gasteiger partial charge in [0.15, 0.2) is 17.5 Å². The highest BCUT2D eigenvalue weighted by atomic mass is 127. The fourth-order valence-corrected chi connectivity index (χ4v) is 2.85. The predicted molar refractivity (Wildman–Crippen MR) is 115 cm³/mol. The van der Waals surface area contributed by atoms with Gasteiger partial charge in [0.25, 0.3) is 0 Å². The number of piperidine rings is 1. The van der Waals surface area contributed by atoms with E-state index >= 15 is 0 Å². The Morgan fingerprint density at radius 1 is 1.37 bits per heavy atom. The molecule has 0 spiro atoms. The highest BCUT2D eigenvalue weighted by Gasteiger charge is 2.21. The van der Waals surface area contributed by atoms with E-state index in [4.69, 9.17) is 0 Å². The normalized spacial score (nSPS) is 15.7. The number of hydrogen-bond donors (Lipinski definition) is 4. The lowest BCUT2D eigenvalue weighted by Gasteiger charge is -2.32. The lowest BCUT2D eigenvalue weighted by molar-refractivity contribution is -0.122. The van der Waals surface area contributed by atoms with Crippen molar-refractivity contribution in [2.24, 2.45) is 4.99 Å². The summed E-state index contributed by atoms with van der Waals surface area (Å²) < 4.78 is 13.4. The van der Waals surface area contributed by atoms with Crippen molar-refractivity contribution in [1.29, 1.82) is 0 Å². The Hall–Kier alpha value is -1.62. The summed E-state index contributed by atoms with van der Waals surface area (Å²) in [6.45, 7) is 5.18. The zero-order chi connectivity index (χ0) is 18.9. The smallest absolute Gasteiger partial charge is 0.233 e. The molecule has 1 heterocycles. The van der Waals surface area contributed by atoms with Gasteiger partial charge >= 0.3 is 0 Å². The second-order valence-electron chi connectivity index (χ2n) is 6.35. The van der Waals surface area contributed by atoms with Crippen LogP contribution in [0.1, 0.15) is 25.3 Å². The highest BCUT2D eigenvalue weighted by molar-refractivity contribution is 14.0. The number of halogens is 2. The third-order valence-electron chi connectivity index (χ3n) is 4.35. The largest absolute Gasteiger partial charge is 0.505 e. The van der Waals surface area contributed by atoms with E-state index in [0.717, 1.165) is 32.5 Å². The maximum Gasteiger partial charge on any atom is 0.233 e. The molecule has 27 heavy (non-hydrogen) atoms. The summed E-state index contributed by atoms with van der Waals surface area (Å²) in [4.78, 5) is 18.1. The fourth-order valence-electron chi connectivity index (χ4n) is 2.85. The molecule has 1 aromatic rings. The van der Waals surface area contributed by atoms with Gasteiger partial charge in [-0.05, 0) is 37.5 Å². The minimum atomic E-state index is -0.640. The summed E-state index contributed by atoms with van der Waals surface area (Å²) in [6, 6.07) is 4.57. The van der Waals surface area contributed by atoms with E-state index in [2.05, 4.69) is 25.8 Å². The number of hydrogen-bond acceptors (Lipinski definition) is 4. The van der Waals surface area contributed by atoms with Gasteiger partial charge in [-0.1, -0.05) is 6.07 Å². The molecular weight excluding hydrogens is 464 g/mol. The number of carbonyl (C=O) groups is 1. The minimum Gasteiger partial charge on any atom is -0.505 e. The van der Waals surface area contributed by atoms with E-state index in [-0.39, 0.29) is 41.7 Å². The Kier molecular flexibility index (Phi) is 10.4. The van der Waals surface area contributed by atoms with E-state index in [0.29, 0.717) is 24.6 Å². The van der Waals surface area contributed by atoms with Crippen molar-refractivity contribution >= 4 is 35.8 Å². The number of likely N-dealkylation sites (tertiary alicyclic amines) is 1. The number of amides is 1. The van der Waals surface area contributed by atoms with Crippen LogP contribution in [0.15, 0.2) is 23.2 Å².